The monoisotopic (exact) mass is 405 g/mol. The van der Waals surface area contributed by atoms with Crippen molar-refractivity contribution < 1.29 is 13.2 Å². The third-order valence-electron chi connectivity index (χ3n) is 3.83. The standard InChI is InChI=1S/C14H23N5O3S3/c1-15-8-11(12(20)16-18(2)13(23)9-4-5-9)25(21,22)17-19(3)14(24)10-6-7-10/h8-10,15,17H,4-7H2,1-3H3,(H,16,20). The highest BCUT2D eigenvalue weighted by Gasteiger charge is 2.34. The van der Waals surface area contributed by atoms with E-state index in [1.165, 1.54) is 24.1 Å². The molecule has 2 fully saturated rings. The first-order valence-electron chi connectivity index (χ1n) is 7.93. The van der Waals surface area contributed by atoms with Crippen molar-refractivity contribution in [3.05, 3.63) is 11.1 Å². The lowest BCUT2D eigenvalue weighted by Gasteiger charge is -2.24. The number of nitrogens with zero attached hydrogens (tertiary/aromatic N) is 2. The molecule has 0 saturated heterocycles. The van der Waals surface area contributed by atoms with Crippen molar-refractivity contribution in [3.63, 3.8) is 0 Å². The van der Waals surface area contributed by atoms with E-state index in [9.17, 15) is 13.2 Å². The number of amides is 1. The van der Waals surface area contributed by atoms with Crippen molar-refractivity contribution in [2.45, 2.75) is 25.7 Å². The first-order chi connectivity index (χ1) is 11.7. The van der Waals surface area contributed by atoms with Gasteiger partial charge in [0.25, 0.3) is 15.9 Å². The number of sulfonamides is 1. The number of carbonyl (C=O) groups excluding carboxylic acids is 1. The van der Waals surface area contributed by atoms with Gasteiger partial charge in [-0.15, -0.1) is 4.83 Å². The summed E-state index contributed by atoms with van der Waals surface area (Å²) in [6.45, 7) is 0. The van der Waals surface area contributed by atoms with Crippen LogP contribution in [-0.4, -0.2) is 55.5 Å². The maximum absolute atomic E-state index is 12.6. The second-order valence-electron chi connectivity index (χ2n) is 6.18. The highest BCUT2D eigenvalue weighted by atomic mass is 32.2. The minimum absolute atomic E-state index is 0.218. The van der Waals surface area contributed by atoms with Gasteiger partial charge < -0.3 is 5.32 Å². The molecule has 140 valence electrons. The number of hydrogen-bond donors (Lipinski definition) is 3. The number of nitrogens with one attached hydrogen (secondary N) is 3. The molecule has 0 unspecified atom stereocenters. The maximum Gasteiger partial charge on any atom is 0.284 e. The molecule has 2 rings (SSSR count). The lowest BCUT2D eigenvalue weighted by Crippen LogP contribution is -2.49. The van der Waals surface area contributed by atoms with Crippen LogP contribution in [0.2, 0.25) is 0 Å². The molecule has 0 bridgehead atoms. The highest BCUT2D eigenvalue weighted by Crippen LogP contribution is 2.32. The molecule has 0 atom stereocenters. The Hall–Kier alpha value is -1.30. The van der Waals surface area contributed by atoms with Crippen LogP contribution < -0.4 is 15.6 Å². The van der Waals surface area contributed by atoms with Gasteiger partial charge in [-0.1, -0.05) is 24.4 Å². The van der Waals surface area contributed by atoms with E-state index in [1.54, 1.807) is 7.05 Å². The first-order valence-corrected chi connectivity index (χ1v) is 10.2. The second-order valence-corrected chi connectivity index (χ2v) is 8.64. The van der Waals surface area contributed by atoms with E-state index in [-0.39, 0.29) is 11.8 Å². The van der Waals surface area contributed by atoms with Gasteiger partial charge in [0, 0.05) is 39.2 Å². The summed E-state index contributed by atoms with van der Waals surface area (Å²) < 4.78 is 25.2. The zero-order valence-corrected chi connectivity index (χ0v) is 16.9. The molecule has 0 aromatic carbocycles. The van der Waals surface area contributed by atoms with E-state index < -0.39 is 20.8 Å². The van der Waals surface area contributed by atoms with E-state index in [4.69, 9.17) is 24.4 Å². The Labute approximate surface area is 159 Å². The maximum atomic E-state index is 12.6. The van der Waals surface area contributed by atoms with Gasteiger partial charge in [-0.05, 0) is 25.7 Å². The third kappa shape index (κ3) is 5.33. The van der Waals surface area contributed by atoms with Gasteiger partial charge >= 0.3 is 0 Å². The molecule has 0 radical (unpaired) electrons. The van der Waals surface area contributed by atoms with Gasteiger partial charge in [-0.2, -0.15) is 0 Å². The Bertz CT molecular complexity index is 699. The molecule has 0 aliphatic heterocycles. The molecule has 3 N–H and O–H groups in total. The summed E-state index contributed by atoms with van der Waals surface area (Å²) in [7, 11) is 0.539. The number of hydrogen-bond acceptors (Lipinski definition) is 6. The van der Waals surface area contributed by atoms with Crippen LogP contribution >= 0.6 is 24.4 Å². The quantitative estimate of drug-likeness (QED) is 0.315. The summed E-state index contributed by atoms with van der Waals surface area (Å²) in [6.07, 6.45) is 5.00. The zero-order valence-electron chi connectivity index (χ0n) is 14.4. The fourth-order valence-corrected chi connectivity index (χ4v) is 3.88. The third-order valence-corrected chi connectivity index (χ3v) is 6.44. The molecule has 0 heterocycles. The van der Waals surface area contributed by atoms with Crippen molar-refractivity contribution in [2.75, 3.05) is 21.1 Å². The van der Waals surface area contributed by atoms with Crippen molar-refractivity contribution in [2.24, 2.45) is 11.8 Å². The van der Waals surface area contributed by atoms with E-state index in [0.29, 0.717) is 9.98 Å². The van der Waals surface area contributed by atoms with Crippen molar-refractivity contribution >= 4 is 50.3 Å². The fraction of sp³-hybridized carbons (Fsp3) is 0.643. The largest absolute Gasteiger partial charge is 0.393 e. The molecule has 1 amide bonds. The normalized spacial score (nSPS) is 17.6. The average molecular weight is 406 g/mol. The van der Waals surface area contributed by atoms with Crippen LogP contribution in [0.1, 0.15) is 25.7 Å². The molecule has 2 aliphatic carbocycles. The molecule has 2 aliphatic rings. The van der Waals surface area contributed by atoms with Gasteiger partial charge in [0.15, 0.2) is 4.91 Å². The molecule has 8 nitrogen and oxygen atoms in total. The molecule has 0 spiro atoms. The van der Waals surface area contributed by atoms with Crippen LogP contribution in [0.5, 0.6) is 0 Å². The first kappa shape index (κ1) is 20.0. The van der Waals surface area contributed by atoms with E-state index in [1.807, 2.05) is 0 Å². The van der Waals surface area contributed by atoms with Crippen LogP contribution in [0, 0.1) is 11.8 Å². The zero-order chi connectivity index (χ0) is 18.8. The number of rotatable bonds is 7. The van der Waals surface area contributed by atoms with E-state index >= 15 is 0 Å². The second kappa shape index (κ2) is 7.94. The Morgan fingerprint density at radius 2 is 1.52 bits per heavy atom. The fourth-order valence-electron chi connectivity index (χ4n) is 2.14. The Kier molecular flexibility index (Phi) is 6.35. The summed E-state index contributed by atoms with van der Waals surface area (Å²) >= 11 is 10.5. The van der Waals surface area contributed by atoms with E-state index in [0.717, 1.165) is 31.9 Å². The molecular weight excluding hydrogens is 382 g/mol. The molecule has 0 aromatic rings. The number of thiocarbonyl (C=S) groups is 2. The van der Waals surface area contributed by atoms with Crippen molar-refractivity contribution in [1.29, 1.82) is 0 Å². The lowest BCUT2D eigenvalue weighted by atomic mass is 10.4. The predicted molar refractivity (Wildman–Crippen MR) is 104 cm³/mol. The topological polar surface area (TPSA) is 93.8 Å². The van der Waals surface area contributed by atoms with Gasteiger partial charge in [-0.3, -0.25) is 20.2 Å². The summed E-state index contributed by atoms with van der Waals surface area (Å²) in [5.74, 6) is -0.290. The van der Waals surface area contributed by atoms with Gasteiger partial charge in [0.05, 0.1) is 9.98 Å². The SMILES string of the molecule is CNC=C(C(=O)NN(C)C(=S)C1CC1)S(=O)(=O)NN(C)C(=S)C1CC1. The van der Waals surface area contributed by atoms with Gasteiger partial charge in [0.2, 0.25) is 0 Å². The smallest absolute Gasteiger partial charge is 0.284 e. The Morgan fingerprint density at radius 1 is 1.04 bits per heavy atom. The molecule has 25 heavy (non-hydrogen) atoms. The van der Waals surface area contributed by atoms with E-state index in [2.05, 4.69) is 15.6 Å². The highest BCUT2D eigenvalue weighted by molar-refractivity contribution is 7.94. The van der Waals surface area contributed by atoms with Crippen molar-refractivity contribution in [1.82, 2.24) is 25.6 Å². The van der Waals surface area contributed by atoms with Gasteiger partial charge in [-0.25, -0.2) is 8.42 Å². The van der Waals surface area contributed by atoms with Gasteiger partial charge in [0.1, 0.15) is 0 Å². The number of hydrazine groups is 2. The lowest BCUT2D eigenvalue weighted by molar-refractivity contribution is -0.119. The Morgan fingerprint density at radius 3 is 1.96 bits per heavy atom. The summed E-state index contributed by atoms with van der Waals surface area (Å²) in [4.78, 5) is 15.4. The minimum atomic E-state index is -4.10. The van der Waals surface area contributed by atoms with Crippen LogP contribution in [0.3, 0.4) is 0 Å². The van der Waals surface area contributed by atoms with Crippen LogP contribution in [-0.2, 0) is 14.8 Å². The van der Waals surface area contributed by atoms with Crippen LogP contribution in [0.15, 0.2) is 11.1 Å². The van der Waals surface area contributed by atoms with Crippen LogP contribution in [0.25, 0.3) is 0 Å². The number of carbonyl (C=O) groups is 1. The molecule has 0 aromatic heterocycles. The molecular formula is C14H23N5O3S3. The summed E-state index contributed by atoms with van der Waals surface area (Å²) in [5.41, 5.74) is 2.50. The summed E-state index contributed by atoms with van der Waals surface area (Å²) in [6, 6.07) is 0. The molecule has 2 saturated carbocycles. The van der Waals surface area contributed by atoms with Crippen molar-refractivity contribution in [3.8, 4) is 0 Å². The Balaban J connectivity index is 2.06. The predicted octanol–water partition coefficient (Wildman–Crippen LogP) is 0.251. The molecule has 11 heteroatoms. The minimum Gasteiger partial charge on any atom is -0.393 e. The van der Waals surface area contributed by atoms with Crippen LogP contribution in [0.4, 0.5) is 0 Å². The summed E-state index contributed by atoms with van der Waals surface area (Å²) in [5, 5.41) is 5.26. The average Bonchev–Trinajstić information content (AvgIpc) is 3.41.